The Morgan fingerprint density at radius 3 is 2.40 bits per heavy atom. The lowest BCUT2D eigenvalue weighted by atomic mass is 10.0. The van der Waals surface area contributed by atoms with Crippen LogP contribution in [0.3, 0.4) is 0 Å². The Bertz CT molecular complexity index is 648. The van der Waals surface area contributed by atoms with E-state index in [0.29, 0.717) is 0 Å². The van der Waals surface area contributed by atoms with Gasteiger partial charge in [-0.2, -0.15) is 0 Å². The van der Waals surface area contributed by atoms with Gasteiger partial charge in [-0.25, -0.2) is 4.98 Å². The number of nitrogens with zero attached hydrogens (tertiary/aromatic N) is 1. The molecular formula is C16H14ClN3. The Kier molecular flexibility index (Phi) is 3.70. The Balaban J connectivity index is 1.92. The van der Waals surface area contributed by atoms with Crippen molar-refractivity contribution in [2.45, 2.75) is 6.04 Å². The lowest BCUT2D eigenvalue weighted by molar-refractivity contribution is 0.899. The monoisotopic (exact) mass is 283 g/mol. The second kappa shape index (κ2) is 5.80. The van der Waals surface area contributed by atoms with Gasteiger partial charge in [-0.05, 0) is 29.8 Å². The Morgan fingerprint density at radius 1 is 1.00 bits per heavy atom. The topological polar surface area (TPSA) is 40.7 Å². The molecule has 20 heavy (non-hydrogen) atoms. The van der Waals surface area contributed by atoms with Gasteiger partial charge in [0.2, 0.25) is 0 Å². The third-order valence-electron chi connectivity index (χ3n) is 3.12. The number of halogens is 1. The van der Waals surface area contributed by atoms with Crippen molar-refractivity contribution in [3.05, 3.63) is 83.4 Å². The highest BCUT2D eigenvalue weighted by Gasteiger charge is 2.14. The molecule has 0 radical (unpaired) electrons. The lowest BCUT2D eigenvalue weighted by Crippen LogP contribution is -2.12. The van der Waals surface area contributed by atoms with E-state index in [2.05, 4.69) is 27.4 Å². The van der Waals surface area contributed by atoms with E-state index in [1.54, 1.807) is 6.33 Å². The van der Waals surface area contributed by atoms with Crippen LogP contribution in [-0.2, 0) is 0 Å². The third-order valence-corrected chi connectivity index (χ3v) is 3.37. The van der Waals surface area contributed by atoms with E-state index in [-0.39, 0.29) is 6.04 Å². The molecule has 0 bridgehead atoms. The molecule has 0 aliphatic heterocycles. The number of aromatic nitrogens is 2. The first-order chi connectivity index (χ1) is 9.83. The van der Waals surface area contributed by atoms with E-state index in [0.717, 1.165) is 16.4 Å². The molecule has 0 saturated carbocycles. The van der Waals surface area contributed by atoms with Gasteiger partial charge in [0.05, 0.1) is 24.3 Å². The van der Waals surface area contributed by atoms with Gasteiger partial charge in [-0.15, -0.1) is 0 Å². The van der Waals surface area contributed by atoms with Crippen molar-refractivity contribution in [2.75, 3.05) is 5.32 Å². The quantitative estimate of drug-likeness (QED) is 0.751. The van der Waals surface area contributed by atoms with E-state index in [1.165, 1.54) is 5.56 Å². The summed E-state index contributed by atoms with van der Waals surface area (Å²) in [6.07, 6.45) is 3.52. The van der Waals surface area contributed by atoms with E-state index in [9.17, 15) is 0 Å². The Labute approximate surface area is 122 Å². The lowest BCUT2D eigenvalue weighted by Gasteiger charge is -2.19. The molecule has 0 aliphatic rings. The summed E-state index contributed by atoms with van der Waals surface area (Å²) in [5, 5.41) is 4.22. The highest BCUT2D eigenvalue weighted by molar-refractivity contribution is 6.30. The normalized spacial score (nSPS) is 12.1. The minimum Gasteiger partial charge on any atom is -0.373 e. The minimum absolute atomic E-state index is 0.0277. The van der Waals surface area contributed by atoms with E-state index < -0.39 is 0 Å². The maximum atomic E-state index is 5.92. The van der Waals surface area contributed by atoms with Crippen molar-refractivity contribution in [1.29, 1.82) is 0 Å². The van der Waals surface area contributed by atoms with Crippen LogP contribution in [0.1, 0.15) is 17.3 Å². The Morgan fingerprint density at radius 2 is 1.75 bits per heavy atom. The number of aromatic amines is 1. The average Bonchev–Trinajstić information content (AvgIpc) is 3.01. The molecule has 3 rings (SSSR count). The van der Waals surface area contributed by atoms with Crippen molar-refractivity contribution < 1.29 is 0 Å². The molecule has 4 heteroatoms. The standard InChI is InChI=1S/C16H14ClN3/c17-13-6-8-14(9-7-13)20-16(15-10-18-11-19-15)12-4-2-1-3-5-12/h1-11,16,20H,(H,18,19). The molecule has 0 spiro atoms. The summed E-state index contributed by atoms with van der Waals surface area (Å²) in [6, 6.07) is 18.0. The first kappa shape index (κ1) is 12.8. The van der Waals surface area contributed by atoms with Crippen LogP contribution in [0, 0.1) is 0 Å². The first-order valence-electron chi connectivity index (χ1n) is 6.38. The molecular weight excluding hydrogens is 270 g/mol. The van der Waals surface area contributed by atoms with Crippen molar-refractivity contribution in [1.82, 2.24) is 9.97 Å². The molecule has 0 fully saturated rings. The second-order valence-electron chi connectivity index (χ2n) is 4.50. The number of benzene rings is 2. The zero-order chi connectivity index (χ0) is 13.8. The van der Waals surface area contributed by atoms with Gasteiger partial charge in [0.15, 0.2) is 0 Å². The van der Waals surface area contributed by atoms with Crippen molar-refractivity contribution in [3.8, 4) is 0 Å². The van der Waals surface area contributed by atoms with Gasteiger partial charge in [0.25, 0.3) is 0 Å². The van der Waals surface area contributed by atoms with E-state index in [4.69, 9.17) is 11.6 Å². The zero-order valence-corrected chi connectivity index (χ0v) is 11.5. The average molecular weight is 284 g/mol. The molecule has 1 atom stereocenters. The maximum absolute atomic E-state index is 5.92. The van der Waals surface area contributed by atoms with Crippen LogP contribution in [0.15, 0.2) is 67.1 Å². The van der Waals surface area contributed by atoms with E-state index >= 15 is 0 Å². The van der Waals surface area contributed by atoms with Crippen LogP contribution < -0.4 is 5.32 Å². The summed E-state index contributed by atoms with van der Waals surface area (Å²) in [4.78, 5) is 7.28. The molecule has 1 heterocycles. The highest BCUT2D eigenvalue weighted by atomic mass is 35.5. The summed E-state index contributed by atoms with van der Waals surface area (Å²) in [6.45, 7) is 0. The molecule has 1 aromatic heterocycles. The predicted molar refractivity (Wildman–Crippen MR) is 81.9 cm³/mol. The largest absolute Gasteiger partial charge is 0.373 e. The van der Waals surface area contributed by atoms with Crippen molar-refractivity contribution in [3.63, 3.8) is 0 Å². The SMILES string of the molecule is Clc1ccc(NC(c2ccccc2)c2cnc[nH]2)cc1. The molecule has 0 saturated heterocycles. The minimum atomic E-state index is 0.0277. The second-order valence-corrected chi connectivity index (χ2v) is 4.94. The van der Waals surface area contributed by atoms with Crippen molar-refractivity contribution in [2.24, 2.45) is 0 Å². The van der Waals surface area contributed by atoms with Gasteiger partial charge >= 0.3 is 0 Å². The molecule has 2 N–H and O–H groups in total. The Hall–Kier alpha value is -2.26. The summed E-state index contributed by atoms with van der Waals surface area (Å²) < 4.78 is 0. The smallest absolute Gasteiger partial charge is 0.0933 e. The molecule has 0 aliphatic carbocycles. The van der Waals surface area contributed by atoms with Crippen molar-refractivity contribution >= 4 is 17.3 Å². The first-order valence-corrected chi connectivity index (χ1v) is 6.76. The van der Waals surface area contributed by atoms with Crippen LogP contribution in [0.4, 0.5) is 5.69 Å². The van der Waals surface area contributed by atoms with Gasteiger partial charge < -0.3 is 10.3 Å². The van der Waals surface area contributed by atoms with Gasteiger partial charge in [-0.3, -0.25) is 0 Å². The number of hydrogen-bond donors (Lipinski definition) is 2. The van der Waals surface area contributed by atoms with Crippen LogP contribution in [0.25, 0.3) is 0 Å². The number of nitrogens with one attached hydrogen (secondary N) is 2. The third kappa shape index (κ3) is 2.83. The van der Waals surface area contributed by atoms with Gasteiger partial charge in [0.1, 0.15) is 0 Å². The molecule has 2 aromatic carbocycles. The van der Waals surface area contributed by atoms with Crippen LogP contribution >= 0.6 is 11.6 Å². The fraction of sp³-hybridized carbons (Fsp3) is 0.0625. The number of hydrogen-bond acceptors (Lipinski definition) is 2. The molecule has 1 unspecified atom stereocenters. The summed E-state index contributed by atoms with van der Waals surface area (Å²) in [7, 11) is 0. The molecule has 0 amide bonds. The molecule has 3 aromatic rings. The summed E-state index contributed by atoms with van der Waals surface area (Å²) >= 11 is 5.92. The van der Waals surface area contributed by atoms with E-state index in [1.807, 2.05) is 48.7 Å². The molecule has 3 nitrogen and oxygen atoms in total. The van der Waals surface area contributed by atoms with Crippen LogP contribution in [-0.4, -0.2) is 9.97 Å². The fourth-order valence-corrected chi connectivity index (χ4v) is 2.25. The summed E-state index contributed by atoms with van der Waals surface area (Å²) in [5.74, 6) is 0. The zero-order valence-electron chi connectivity index (χ0n) is 10.8. The van der Waals surface area contributed by atoms with Crippen LogP contribution in [0.2, 0.25) is 5.02 Å². The van der Waals surface area contributed by atoms with Gasteiger partial charge in [-0.1, -0.05) is 41.9 Å². The summed E-state index contributed by atoms with van der Waals surface area (Å²) in [5.41, 5.74) is 3.20. The number of anilines is 1. The van der Waals surface area contributed by atoms with Crippen LogP contribution in [0.5, 0.6) is 0 Å². The highest BCUT2D eigenvalue weighted by Crippen LogP contribution is 2.25. The number of imidazole rings is 1. The van der Waals surface area contributed by atoms with Gasteiger partial charge in [0, 0.05) is 10.7 Å². The maximum Gasteiger partial charge on any atom is 0.0933 e. The number of H-pyrrole nitrogens is 1. The fourth-order valence-electron chi connectivity index (χ4n) is 2.12. The molecule has 100 valence electrons. The number of rotatable bonds is 4. The predicted octanol–water partition coefficient (Wildman–Crippen LogP) is 4.26.